The van der Waals surface area contributed by atoms with Crippen molar-refractivity contribution in [1.29, 1.82) is 0 Å². The van der Waals surface area contributed by atoms with Crippen LogP contribution in [0.5, 0.6) is 5.75 Å². The molecule has 1 aliphatic heterocycles. The first kappa shape index (κ1) is 24.4. The quantitative estimate of drug-likeness (QED) is 0.282. The van der Waals surface area contributed by atoms with Crippen LogP contribution in [0.25, 0.3) is 22.0 Å². The Morgan fingerprint density at radius 3 is 2.64 bits per heavy atom. The number of nitrogens with two attached hydrogens (primary N) is 1. The number of carbonyl (C=O) groups excluding carboxylic acids is 1. The zero-order chi connectivity index (χ0) is 25.1. The summed E-state index contributed by atoms with van der Waals surface area (Å²) in [6.07, 6.45) is 4.18. The zero-order valence-electron chi connectivity index (χ0n) is 19.7. The van der Waals surface area contributed by atoms with E-state index in [2.05, 4.69) is 20.2 Å². The van der Waals surface area contributed by atoms with Gasteiger partial charge in [-0.1, -0.05) is 35.3 Å². The van der Waals surface area contributed by atoms with E-state index in [1.165, 1.54) is 12.8 Å². The molecule has 0 unspecified atom stereocenters. The highest BCUT2D eigenvalue weighted by Crippen LogP contribution is 2.31. The number of anilines is 1. The minimum atomic E-state index is -0.102. The second-order valence-corrected chi connectivity index (χ2v) is 9.70. The Bertz CT molecular complexity index is 1380. The Hall–Kier alpha value is -3.26. The number of ether oxygens (including phenoxy) is 1. The molecule has 0 radical (unpaired) electrons. The van der Waals surface area contributed by atoms with Gasteiger partial charge in [0.15, 0.2) is 11.6 Å². The van der Waals surface area contributed by atoms with E-state index in [-0.39, 0.29) is 18.3 Å². The standard InChI is InChI=1S/C27H27Cl2N5O2/c28-21-4-3-5-22(29)20(21)16-36-25-14-19(15-32-26(25)30)17-6-7-23-18(12-17)13-24(33-23)27(35)31-8-11-34-9-1-2-10-34/h3-7,12-15,33H,1-2,8-11,16H2,(H2,30,32)(H,31,35). The number of rotatable bonds is 8. The van der Waals surface area contributed by atoms with Crippen molar-refractivity contribution in [2.75, 3.05) is 31.9 Å². The van der Waals surface area contributed by atoms with Gasteiger partial charge in [-0.2, -0.15) is 0 Å². The lowest BCUT2D eigenvalue weighted by molar-refractivity contribution is 0.0945. The number of nitrogens with zero attached hydrogens (tertiary/aromatic N) is 2. The summed E-state index contributed by atoms with van der Waals surface area (Å²) in [6.45, 7) is 3.92. The number of nitrogens with one attached hydrogen (secondary N) is 2. The maximum atomic E-state index is 12.6. The molecule has 7 nitrogen and oxygen atoms in total. The highest BCUT2D eigenvalue weighted by atomic mass is 35.5. The summed E-state index contributed by atoms with van der Waals surface area (Å²) in [6, 6.07) is 14.9. The van der Waals surface area contributed by atoms with E-state index in [9.17, 15) is 4.79 Å². The minimum absolute atomic E-state index is 0.102. The first-order valence-corrected chi connectivity index (χ1v) is 12.7. The molecule has 0 bridgehead atoms. The number of halogens is 2. The molecule has 0 atom stereocenters. The van der Waals surface area contributed by atoms with Crippen LogP contribution in [0.15, 0.2) is 54.7 Å². The van der Waals surface area contributed by atoms with E-state index in [0.29, 0.717) is 33.6 Å². The van der Waals surface area contributed by atoms with Gasteiger partial charge in [0.2, 0.25) is 0 Å². The smallest absolute Gasteiger partial charge is 0.267 e. The monoisotopic (exact) mass is 523 g/mol. The van der Waals surface area contributed by atoms with E-state index in [0.717, 1.165) is 41.7 Å². The van der Waals surface area contributed by atoms with Crippen LogP contribution in [-0.2, 0) is 6.61 Å². The highest BCUT2D eigenvalue weighted by Gasteiger charge is 2.14. The van der Waals surface area contributed by atoms with Crippen molar-refractivity contribution in [3.05, 3.63) is 76.0 Å². The fourth-order valence-electron chi connectivity index (χ4n) is 4.41. The SMILES string of the molecule is Nc1ncc(-c2ccc3[nH]c(C(=O)NCCN4CCCC4)cc3c2)cc1OCc1c(Cl)cccc1Cl. The van der Waals surface area contributed by atoms with Crippen LogP contribution in [0, 0.1) is 0 Å². The van der Waals surface area contributed by atoms with Crippen LogP contribution in [-0.4, -0.2) is 47.0 Å². The highest BCUT2D eigenvalue weighted by molar-refractivity contribution is 6.35. The lowest BCUT2D eigenvalue weighted by Crippen LogP contribution is -2.33. The molecule has 186 valence electrons. The molecule has 4 aromatic rings. The van der Waals surface area contributed by atoms with Crippen LogP contribution in [0.4, 0.5) is 5.82 Å². The molecule has 1 fully saturated rings. The van der Waals surface area contributed by atoms with Gasteiger partial charge in [0.05, 0.1) is 0 Å². The Morgan fingerprint density at radius 2 is 1.86 bits per heavy atom. The van der Waals surface area contributed by atoms with Crippen molar-refractivity contribution < 1.29 is 9.53 Å². The van der Waals surface area contributed by atoms with E-state index < -0.39 is 0 Å². The van der Waals surface area contributed by atoms with E-state index in [4.69, 9.17) is 33.7 Å². The zero-order valence-corrected chi connectivity index (χ0v) is 21.2. The Kier molecular flexibility index (Phi) is 7.32. The molecule has 1 amide bonds. The average molecular weight is 524 g/mol. The number of aromatic amines is 1. The summed E-state index contributed by atoms with van der Waals surface area (Å²) in [5.74, 6) is 0.614. The van der Waals surface area contributed by atoms with Gasteiger partial charge < -0.3 is 25.7 Å². The molecule has 36 heavy (non-hydrogen) atoms. The van der Waals surface area contributed by atoms with Crippen LogP contribution >= 0.6 is 23.2 Å². The molecule has 2 aromatic heterocycles. The number of benzene rings is 2. The molecule has 0 saturated carbocycles. The Labute approximate surface area is 219 Å². The van der Waals surface area contributed by atoms with E-state index in [1.807, 2.05) is 30.3 Å². The van der Waals surface area contributed by atoms with Crippen molar-refractivity contribution in [2.24, 2.45) is 0 Å². The van der Waals surface area contributed by atoms with Crippen LogP contribution in [0.2, 0.25) is 10.0 Å². The molecule has 4 N–H and O–H groups in total. The van der Waals surface area contributed by atoms with Gasteiger partial charge in [0.25, 0.3) is 5.91 Å². The number of H-pyrrole nitrogens is 1. The van der Waals surface area contributed by atoms with Gasteiger partial charge in [0.1, 0.15) is 12.3 Å². The first-order chi connectivity index (χ1) is 17.5. The molecule has 5 rings (SSSR count). The second-order valence-electron chi connectivity index (χ2n) is 8.89. The number of aromatic nitrogens is 2. The molecular weight excluding hydrogens is 497 g/mol. The lowest BCUT2D eigenvalue weighted by Gasteiger charge is -2.14. The summed E-state index contributed by atoms with van der Waals surface area (Å²) in [7, 11) is 0. The Balaban J connectivity index is 1.30. The summed E-state index contributed by atoms with van der Waals surface area (Å²) in [5, 5.41) is 4.99. The summed E-state index contributed by atoms with van der Waals surface area (Å²) >= 11 is 12.5. The normalized spacial score (nSPS) is 13.8. The topological polar surface area (TPSA) is 96.3 Å². The van der Waals surface area contributed by atoms with Gasteiger partial charge in [-0.05, 0) is 67.9 Å². The van der Waals surface area contributed by atoms with Crippen molar-refractivity contribution in [3.8, 4) is 16.9 Å². The van der Waals surface area contributed by atoms with Crippen LogP contribution in [0.1, 0.15) is 28.9 Å². The largest absolute Gasteiger partial charge is 0.485 e. The van der Waals surface area contributed by atoms with Gasteiger partial charge in [-0.15, -0.1) is 0 Å². The number of fused-ring (bicyclic) bond motifs is 1. The third kappa shape index (κ3) is 5.43. The number of hydrogen-bond donors (Lipinski definition) is 3. The molecule has 3 heterocycles. The van der Waals surface area contributed by atoms with E-state index >= 15 is 0 Å². The van der Waals surface area contributed by atoms with Gasteiger partial charge in [0, 0.05) is 51.4 Å². The molecule has 0 aliphatic carbocycles. The number of carbonyl (C=O) groups is 1. The number of pyridine rings is 1. The van der Waals surface area contributed by atoms with Crippen molar-refractivity contribution in [3.63, 3.8) is 0 Å². The second kappa shape index (κ2) is 10.8. The van der Waals surface area contributed by atoms with Gasteiger partial charge in [-0.3, -0.25) is 4.79 Å². The third-order valence-electron chi connectivity index (χ3n) is 6.43. The van der Waals surface area contributed by atoms with E-state index in [1.54, 1.807) is 24.4 Å². The molecule has 2 aromatic carbocycles. The average Bonchev–Trinajstić information content (AvgIpc) is 3.54. The fraction of sp³-hybridized carbons (Fsp3) is 0.259. The summed E-state index contributed by atoms with van der Waals surface area (Å²) in [4.78, 5) is 22.5. The number of hydrogen-bond acceptors (Lipinski definition) is 5. The number of likely N-dealkylation sites (tertiary alicyclic amines) is 1. The van der Waals surface area contributed by atoms with Crippen LogP contribution < -0.4 is 15.8 Å². The number of nitrogen functional groups attached to an aromatic ring is 1. The predicted molar refractivity (Wildman–Crippen MR) is 145 cm³/mol. The summed E-state index contributed by atoms with van der Waals surface area (Å²) in [5.41, 5.74) is 9.94. The van der Waals surface area contributed by atoms with Crippen molar-refractivity contribution in [2.45, 2.75) is 19.4 Å². The number of amides is 1. The molecule has 1 saturated heterocycles. The first-order valence-electron chi connectivity index (χ1n) is 11.9. The van der Waals surface area contributed by atoms with Crippen LogP contribution in [0.3, 0.4) is 0 Å². The molecule has 1 aliphatic rings. The summed E-state index contributed by atoms with van der Waals surface area (Å²) < 4.78 is 5.93. The maximum Gasteiger partial charge on any atom is 0.267 e. The third-order valence-corrected chi connectivity index (χ3v) is 7.13. The van der Waals surface area contributed by atoms with Crippen molar-refractivity contribution >= 4 is 45.8 Å². The fourth-order valence-corrected chi connectivity index (χ4v) is 4.92. The van der Waals surface area contributed by atoms with Gasteiger partial charge in [-0.25, -0.2) is 4.98 Å². The molecule has 9 heteroatoms. The minimum Gasteiger partial charge on any atom is -0.485 e. The van der Waals surface area contributed by atoms with Gasteiger partial charge >= 0.3 is 0 Å². The predicted octanol–water partition coefficient (Wildman–Crippen LogP) is 5.52. The maximum absolute atomic E-state index is 12.6. The molecule has 0 spiro atoms. The Morgan fingerprint density at radius 1 is 1.08 bits per heavy atom. The molecular formula is C27H27Cl2N5O2. The lowest BCUT2D eigenvalue weighted by atomic mass is 10.1. The van der Waals surface area contributed by atoms with Crippen molar-refractivity contribution in [1.82, 2.24) is 20.2 Å².